The van der Waals surface area contributed by atoms with Crippen LogP contribution in [0.15, 0.2) is 0 Å². The van der Waals surface area contributed by atoms with E-state index < -0.39 is 6.10 Å². The summed E-state index contributed by atoms with van der Waals surface area (Å²) >= 11 is 0. The van der Waals surface area contributed by atoms with E-state index in [0.29, 0.717) is 13.2 Å². The van der Waals surface area contributed by atoms with Gasteiger partial charge in [-0.3, -0.25) is 0 Å². The van der Waals surface area contributed by atoms with E-state index in [1.807, 2.05) is 13.8 Å². The van der Waals surface area contributed by atoms with Crippen LogP contribution in [0.5, 0.6) is 0 Å². The Morgan fingerprint density at radius 2 is 1.86 bits per heavy atom. The normalized spacial score (nSPS) is 14.4. The van der Waals surface area contributed by atoms with Gasteiger partial charge in [0.25, 0.3) is 0 Å². The molecule has 0 saturated carbocycles. The monoisotopic (exact) mass is 205 g/mol. The number of aliphatic hydroxyl groups is 1. The van der Waals surface area contributed by atoms with Gasteiger partial charge < -0.3 is 20.3 Å². The molecular formula is C10H23NO3. The van der Waals surface area contributed by atoms with Crippen LogP contribution >= 0.6 is 0 Å². The Morgan fingerprint density at radius 3 is 2.29 bits per heavy atom. The summed E-state index contributed by atoms with van der Waals surface area (Å²) in [5.74, 6) is 0. The summed E-state index contributed by atoms with van der Waals surface area (Å²) in [5.41, 5.74) is 5.76. The lowest BCUT2D eigenvalue weighted by molar-refractivity contribution is -0.0197. The second-order valence-corrected chi connectivity index (χ2v) is 3.69. The molecule has 0 bridgehead atoms. The zero-order valence-corrected chi connectivity index (χ0v) is 9.45. The zero-order chi connectivity index (χ0) is 11.0. The van der Waals surface area contributed by atoms with Crippen molar-refractivity contribution >= 4 is 0 Å². The Kier molecular flexibility index (Phi) is 7.09. The highest BCUT2D eigenvalue weighted by atomic mass is 16.5. The Hall–Kier alpha value is -0.160. The van der Waals surface area contributed by atoms with Gasteiger partial charge in [0, 0.05) is 12.6 Å². The molecule has 3 N–H and O–H groups in total. The number of ether oxygens (including phenoxy) is 2. The first kappa shape index (κ1) is 13.8. The summed E-state index contributed by atoms with van der Waals surface area (Å²) < 4.78 is 10.1. The molecule has 0 amide bonds. The van der Waals surface area contributed by atoms with Crippen molar-refractivity contribution in [1.82, 2.24) is 0 Å². The van der Waals surface area contributed by atoms with Crippen molar-refractivity contribution in [1.29, 1.82) is 0 Å². The molecule has 1 atom stereocenters. The average Bonchev–Trinajstić information content (AvgIpc) is 2.18. The number of hydrogen-bond donors (Lipinski definition) is 2. The minimum Gasteiger partial charge on any atom is -0.388 e. The first-order chi connectivity index (χ1) is 6.58. The quantitative estimate of drug-likeness (QED) is 0.606. The number of hydrogen-bond acceptors (Lipinski definition) is 4. The van der Waals surface area contributed by atoms with E-state index >= 15 is 0 Å². The Balaban J connectivity index is 3.61. The van der Waals surface area contributed by atoms with E-state index in [0.717, 1.165) is 12.8 Å². The minimum absolute atomic E-state index is 0.257. The van der Waals surface area contributed by atoms with E-state index in [9.17, 15) is 5.11 Å². The molecule has 1 unspecified atom stereocenters. The number of nitrogens with two attached hydrogens (primary N) is 1. The molecule has 0 radical (unpaired) electrons. The zero-order valence-electron chi connectivity index (χ0n) is 9.45. The number of rotatable bonds is 8. The minimum atomic E-state index is -0.557. The van der Waals surface area contributed by atoms with Gasteiger partial charge in [0.15, 0.2) is 0 Å². The molecule has 0 aliphatic heterocycles. The first-order valence-corrected chi connectivity index (χ1v) is 5.11. The van der Waals surface area contributed by atoms with Crippen LogP contribution in [0, 0.1) is 0 Å². The van der Waals surface area contributed by atoms with Crippen LogP contribution in [0.3, 0.4) is 0 Å². The molecule has 4 nitrogen and oxygen atoms in total. The topological polar surface area (TPSA) is 64.7 Å². The van der Waals surface area contributed by atoms with Gasteiger partial charge in [-0.05, 0) is 12.8 Å². The van der Waals surface area contributed by atoms with E-state index in [4.69, 9.17) is 15.2 Å². The highest BCUT2D eigenvalue weighted by molar-refractivity contribution is 4.80. The summed E-state index contributed by atoms with van der Waals surface area (Å²) in [6, 6.07) is 0. The van der Waals surface area contributed by atoms with Gasteiger partial charge in [0.2, 0.25) is 0 Å². The highest BCUT2D eigenvalue weighted by Crippen LogP contribution is 2.11. The summed E-state index contributed by atoms with van der Waals surface area (Å²) in [4.78, 5) is 0. The third-order valence-corrected chi connectivity index (χ3v) is 2.47. The molecule has 0 aliphatic carbocycles. The molecule has 14 heavy (non-hydrogen) atoms. The van der Waals surface area contributed by atoms with Crippen LogP contribution in [0.1, 0.15) is 26.7 Å². The predicted molar refractivity (Wildman–Crippen MR) is 56.2 cm³/mol. The van der Waals surface area contributed by atoms with Crippen molar-refractivity contribution in [2.24, 2.45) is 5.73 Å². The third-order valence-electron chi connectivity index (χ3n) is 2.47. The molecule has 0 saturated heterocycles. The first-order valence-electron chi connectivity index (χ1n) is 5.11. The fraction of sp³-hybridized carbons (Fsp3) is 1.00. The van der Waals surface area contributed by atoms with E-state index in [2.05, 4.69) is 0 Å². The van der Waals surface area contributed by atoms with Crippen LogP contribution in [-0.2, 0) is 9.47 Å². The predicted octanol–water partition coefficient (Wildman–Crippen LogP) is 0.528. The van der Waals surface area contributed by atoms with Crippen molar-refractivity contribution in [2.75, 3.05) is 26.9 Å². The van der Waals surface area contributed by atoms with Gasteiger partial charge in [-0.2, -0.15) is 0 Å². The second kappa shape index (κ2) is 7.17. The standard InChI is InChI=1S/C10H23NO3/c1-4-10(11,5-2)8-14-7-9(12)6-13-3/h9,12H,4-8,11H2,1-3H3. The van der Waals surface area contributed by atoms with Gasteiger partial charge in [-0.25, -0.2) is 0 Å². The van der Waals surface area contributed by atoms with Crippen molar-refractivity contribution < 1.29 is 14.6 Å². The van der Waals surface area contributed by atoms with Crippen LogP contribution in [-0.4, -0.2) is 43.7 Å². The number of aliphatic hydroxyl groups excluding tert-OH is 1. The van der Waals surface area contributed by atoms with Gasteiger partial charge in [-0.15, -0.1) is 0 Å². The maximum Gasteiger partial charge on any atom is 0.101 e. The van der Waals surface area contributed by atoms with Gasteiger partial charge in [0.1, 0.15) is 6.10 Å². The van der Waals surface area contributed by atoms with Gasteiger partial charge in [0.05, 0.1) is 19.8 Å². The summed E-state index contributed by atoms with van der Waals surface area (Å²) in [6.45, 7) is 5.15. The average molecular weight is 205 g/mol. The van der Waals surface area contributed by atoms with Gasteiger partial charge in [-0.1, -0.05) is 13.8 Å². The van der Waals surface area contributed by atoms with Crippen LogP contribution in [0.4, 0.5) is 0 Å². The summed E-state index contributed by atoms with van der Waals surface area (Å²) in [7, 11) is 1.55. The van der Waals surface area contributed by atoms with E-state index in [1.165, 1.54) is 0 Å². The van der Waals surface area contributed by atoms with Crippen molar-refractivity contribution in [3.05, 3.63) is 0 Å². The van der Waals surface area contributed by atoms with E-state index in [-0.39, 0.29) is 12.1 Å². The Morgan fingerprint density at radius 1 is 1.29 bits per heavy atom. The smallest absolute Gasteiger partial charge is 0.101 e. The van der Waals surface area contributed by atoms with E-state index in [1.54, 1.807) is 7.11 Å². The molecule has 0 fully saturated rings. The van der Waals surface area contributed by atoms with Crippen LogP contribution in [0.25, 0.3) is 0 Å². The third kappa shape index (κ3) is 5.54. The molecule has 4 heteroatoms. The lowest BCUT2D eigenvalue weighted by atomic mass is 9.96. The molecular weight excluding hydrogens is 182 g/mol. The molecule has 0 aromatic carbocycles. The molecule has 0 rings (SSSR count). The maximum atomic E-state index is 9.30. The fourth-order valence-electron chi connectivity index (χ4n) is 1.09. The highest BCUT2D eigenvalue weighted by Gasteiger charge is 2.20. The largest absolute Gasteiger partial charge is 0.388 e. The fourth-order valence-corrected chi connectivity index (χ4v) is 1.09. The molecule has 0 aromatic rings. The Bertz CT molecular complexity index is 137. The molecule has 0 heterocycles. The summed E-state index contributed by atoms with van der Waals surface area (Å²) in [6.07, 6.45) is 1.20. The van der Waals surface area contributed by atoms with Crippen LogP contribution < -0.4 is 5.73 Å². The van der Waals surface area contributed by atoms with Crippen molar-refractivity contribution in [2.45, 2.75) is 38.3 Å². The molecule has 0 aliphatic rings. The SMILES string of the molecule is CCC(N)(CC)COCC(O)COC. The van der Waals surface area contributed by atoms with Crippen LogP contribution in [0.2, 0.25) is 0 Å². The lowest BCUT2D eigenvalue weighted by Crippen LogP contribution is -2.44. The maximum absolute atomic E-state index is 9.30. The van der Waals surface area contributed by atoms with Crippen molar-refractivity contribution in [3.63, 3.8) is 0 Å². The molecule has 0 spiro atoms. The second-order valence-electron chi connectivity index (χ2n) is 3.69. The molecule has 86 valence electrons. The lowest BCUT2D eigenvalue weighted by Gasteiger charge is -2.26. The number of methoxy groups -OCH3 is 1. The molecule has 0 aromatic heterocycles. The van der Waals surface area contributed by atoms with Gasteiger partial charge >= 0.3 is 0 Å². The summed E-state index contributed by atoms with van der Waals surface area (Å²) in [5, 5.41) is 9.30. The Labute approximate surface area is 86.4 Å². The van der Waals surface area contributed by atoms with Crippen molar-refractivity contribution in [3.8, 4) is 0 Å².